The first-order valence-electron chi connectivity index (χ1n) is 4.21. The van der Waals surface area contributed by atoms with Gasteiger partial charge in [0, 0.05) is 24.9 Å². The first kappa shape index (κ1) is 17.9. The van der Waals surface area contributed by atoms with Crippen molar-refractivity contribution in [1.82, 2.24) is 0 Å². The Kier molecular flexibility index (Phi) is 9.70. The van der Waals surface area contributed by atoms with Crippen molar-refractivity contribution in [3.8, 4) is 0 Å². The predicted octanol–water partition coefficient (Wildman–Crippen LogP) is -3.19. The van der Waals surface area contributed by atoms with E-state index < -0.39 is 37.0 Å². The molecule has 0 rings (SSSR count). The molecule has 0 aliphatic carbocycles. The Bertz CT molecular complexity index is 222. The number of hydrogen-bond donors (Lipinski definition) is 4. The fourth-order valence-electron chi connectivity index (χ4n) is 0.811. The summed E-state index contributed by atoms with van der Waals surface area (Å²) in [6.45, 7) is 0.578. The van der Waals surface area contributed by atoms with Gasteiger partial charge in [0.15, 0.2) is 6.29 Å². The van der Waals surface area contributed by atoms with Gasteiger partial charge in [0.2, 0.25) is 0 Å². The summed E-state index contributed by atoms with van der Waals surface area (Å²) in [5.74, 6) is -0.660. The van der Waals surface area contributed by atoms with Crippen molar-refractivity contribution >= 4 is 30.2 Å². The van der Waals surface area contributed by atoms with Crippen LogP contribution >= 0.6 is 0 Å². The van der Waals surface area contributed by atoms with Gasteiger partial charge < -0.3 is 30.0 Å². The Morgan fingerprint density at radius 1 is 1.25 bits per heavy atom. The summed E-state index contributed by atoms with van der Waals surface area (Å²) in [6.07, 6.45) is -6.95. The standard InChI is InChI=1S/C8H14O7.As/c1-4(10)15-3-6(12)8(14)7(13)5(11)2-9;/h2,5-8,11-14H,3H2,1H3;/t5-,6+,7+,8+;/m0./s1. The summed E-state index contributed by atoms with van der Waals surface area (Å²) in [4.78, 5) is 20.4. The van der Waals surface area contributed by atoms with Crippen molar-refractivity contribution in [3.63, 3.8) is 0 Å². The number of aliphatic hydroxyl groups is 4. The number of rotatable bonds is 6. The molecule has 0 aromatic carbocycles. The van der Waals surface area contributed by atoms with E-state index in [1.165, 1.54) is 0 Å². The van der Waals surface area contributed by atoms with Gasteiger partial charge in [-0.1, -0.05) is 0 Å². The molecule has 0 aromatic rings. The van der Waals surface area contributed by atoms with Crippen LogP contribution in [0.2, 0.25) is 0 Å². The molecule has 0 aliphatic heterocycles. The molecule has 0 amide bonds. The molecule has 4 atom stereocenters. The Balaban J connectivity index is 0. The van der Waals surface area contributed by atoms with Crippen LogP contribution in [-0.4, -0.2) is 81.7 Å². The van der Waals surface area contributed by atoms with Gasteiger partial charge in [-0.3, -0.25) is 4.79 Å². The normalized spacial score (nSPS) is 17.6. The second kappa shape index (κ2) is 8.66. The maximum absolute atomic E-state index is 10.3. The van der Waals surface area contributed by atoms with Gasteiger partial charge in [-0.05, 0) is 0 Å². The average Bonchev–Trinajstić information content (AvgIpc) is 2.22. The number of esters is 1. The topological polar surface area (TPSA) is 124 Å². The van der Waals surface area contributed by atoms with Crippen molar-refractivity contribution in [3.05, 3.63) is 0 Å². The SMILES string of the molecule is CC(=O)OC[C@@H](O)[C@@H](O)[C@H](O)[C@@H](O)C=O.[As]. The van der Waals surface area contributed by atoms with Crippen molar-refractivity contribution in [1.29, 1.82) is 0 Å². The summed E-state index contributed by atoms with van der Waals surface area (Å²) in [6, 6.07) is 0. The largest absolute Gasteiger partial charge is 0.463 e. The van der Waals surface area contributed by atoms with E-state index in [9.17, 15) is 14.7 Å². The van der Waals surface area contributed by atoms with Gasteiger partial charge in [0.1, 0.15) is 31.0 Å². The van der Waals surface area contributed by atoms with Crippen LogP contribution in [0, 0.1) is 0 Å². The Labute approximate surface area is 103 Å². The molecule has 93 valence electrons. The van der Waals surface area contributed by atoms with Crippen LogP contribution in [0.4, 0.5) is 0 Å². The molecule has 0 saturated carbocycles. The van der Waals surface area contributed by atoms with Crippen molar-refractivity contribution in [2.24, 2.45) is 0 Å². The van der Waals surface area contributed by atoms with E-state index in [4.69, 9.17) is 15.3 Å². The second-order valence-electron chi connectivity index (χ2n) is 2.98. The molecule has 0 saturated heterocycles. The second-order valence-corrected chi connectivity index (χ2v) is 2.98. The minimum absolute atomic E-state index is 0. The van der Waals surface area contributed by atoms with E-state index in [0.29, 0.717) is 0 Å². The molecule has 16 heavy (non-hydrogen) atoms. The molecule has 0 fully saturated rings. The van der Waals surface area contributed by atoms with Gasteiger partial charge >= 0.3 is 5.97 Å². The number of carbonyl (C=O) groups is 2. The summed E-state index contributed by atoms with van der Waals surface area (Å²) in [5.41, 5.74) is 0. The van der Waals surface area contributed by atoms with E-state index in [1.54, 1.807) is 0 Å². The molecule has 8 heteroatoms. The van der Waals surface area contributed by atoms with E-state index in [-0.39, 0.29) is 24.2 Å². The zero-order valence-electron chi connectivity index (χ0n) is 8.55. The van der Waals surface area contributed by atoms with Crippen LogP contribution in [0.15, 0.2) is 0 Å². The number of ether oxygens (including phenoxy) is 1. The summed E-state index contributed by atoms with van der Waals surface area (Å²) in [7, 11) is 0. The van der Waals surface area contributed by atoms with Gasteiger partial charge in [0.05, 0.1) is 0 Å². The maximum atomic E-state index is 10.3. The quantitative estimate of drug-likeness (QED) is 0.231. The van der Waals surface area contributed by atoms with E-state index in [2.05, 4.69) is 4.74 Å². The van der Waals surface area contributed by atoms with Crippen LogP contribution in [-0.2, 0) is 14.3 Å². The summed E-state index contributed by atoms with van der Waals surface area (Å²) >= 11 is 0. The van der Waals surface area contributed by atoms with Gasteiger partial charge in [-0.25, -0.2) is 0 Å². The van der Waals surface area contributed by atoms with Crippen LogP contribution in [0.3, 0.4) is 0 Å². The van der Waals surface area contributed by atoms with Gasteiger partial charge in [-0.15, -0.1) is 0 Å². The molecule has 0 aromatic heterocycles. The van der Waals surface area contributed by atoms with Crippen molar-refractivity contribution < 1.29 is 34.8 Å². The molecule has 0 spiro atoms. The first-order chi connectivity index (χ1) is 6.90. The molecule has 3 radical (unpaired) electrons. The molecule has 0 aliphatic rings. The minimum atomic E-state index is -1.83. The monoisotopic (exact) mass is 297 g/mol. The summed E-state index contributed by atoms with van der Waals surface area (Å²) < 4.78 is 4.36. The van der Waals surface area contributed by atoms with E-state index in [1.807, 2.05) is 0 Å². The van der Waals surface area contributed by atoms with Crippen molar-refractivity contribution in [2.45, 2.75) is 31.3 Å². The van der Waals surface area contributed by atoms with E-state index >= 15 is 0 Å². The average molecular weight is 297 g/mol. The Hall–Kier alpha value is -0.462. The smallest absolute Gasteiger partial charge is 0.302 e. The van der Waals surface area contributed by atoms with Gasteiger partial charge in [-0.2, -0.15) is 0 Å². The molecule has 7 nitrogen and oxygen atoms in total. The molecule has 0 unspecified atom stereocenters. The molecule has 4 N–H and O–H groups in total. The minimum Gasteiger partial charge on any atom is -0.463 e. The Morgan fingerprint density at radius 3 is 2.12 bits per heavy atom. The summed E-state index contributed by atoms with van der Waals surface area (Å²) in [5, 5.41) is 36.3. The maximum Gasteiger partial charge on any atom is 0.302 e. The zero-order valence-corrected chi connectivity index (χ0v) is 10.4. The molecule has 0 heterocycles. The zero-order chi connectivity index (χ0) is 12.0. The third-order valence-corrected chi connectivity index (χ3v) is 1.69. The molecular formula is C8H14AsO7. The van der Waals surface area contributed by atoms with Crippen molar-refractivity contribution in [2.75, 3.05) is 6.61 Å². The Morgan fingerprint density at radius 2 is 1.75 bits per heavy atom. The fourth-order valence-corrected chi connectivity index (χ4v) is 0.811. The molecular weight excluding hydrogens is 283 g/mol. The molecule has 0 bridgehead atoms. The number of aldehydes is 1. The van der Waals surface area contributed by atoms with Crippen LogP contribution in [0.1, 0.15) is 6.92 Å². The number of hydrogen-bond acceptors (Lipinski definition) is 7. The van der Waals surface area contributed by atoms with Crippen LogP contribution in [0.25, 0.3) is 0 Å². The first-order valence-corrected chi connectivity index (χ1v) is 4.21. The third-order valence-electron chi connectivity index (χ3n) is 1.69. The number of aliphatic hydroxyl groups excluding tert-OH is 4. The van der Waals surface area contributed by atoms with Crippen LogP contribution in [0.5, 0.6) is 0 Å². The predicted molar refractivity (Wildman–Crippen MR) is 52.5 cm³/mol. The van der Waals surface area contributed by atoms with Gasteiger partial charge in [0.25, 0.3) is 0 Å². The number of carbonyl (C=O) groups excluding carboxylic acids is 2. The van der Waals surface area contributed by atoms with E-state index in [0.717, 1.165) is 6.92 Å². The third kappa shape index (κ3) is 6.19. The van der Waals surface area contributed by atoms with Crippen LogP contribution < -0.4 is 0 Å². The fraction of sp³-hybridized carbons (Fsp3) is 0.750.